The molecule has 3 rings (SSSR count). The molecule has 0 amide bonds. The lowest BCUT2D eigenvalue weighted by molar-refractivity contribution is 0.846. The second-order valence-electron chi connectivity index (χ2n) is 3.96. The van der Waals surface area contributed by atoms with E-state index in [9.17, 15) is 0 Å². The highest BCUT2D eigenvalue weighted by atomic mass is 32.1. The number of nitrogen functional groups attached to an aromatic ring is 1. The molecule has 0 atom stereocenters. The molecule has 0 aliphatic carbocycles. The van der Waals surface area contributed by atoms with Crippen LogP contribution in [0.1, 0.15) is 10.4 Å². The van der Waals surface area contributed by atoms with Gasteiger partial charge >= 0.3 is 0 Å². The van der Waals surface area contributed by atoms with Gasteiger partial charge in [-0.15, -0.1) is 11.3 Å². The van der Waals surface area contributed by atoms with Crippen LogP contribution in [0.25, 0.3) is 0 Å². The Labute approximate surface area is 98.5 Å². The first-order valence-electron chi connectivity index (χ1n) is 5.35. The molecule has 0 spiro atoms. The van der Waals surface area contributed by atoms with Crippen LogP contribution in [-0.2, 0) is 13.0 Å². The van der Waals surface area contributed by atoms with Gasteiger partial charge in [0.15, 0.2) is 0 Å². The molecule has 0 fully saturated rings. The minimum absolute atomic E-state index is 0.675. The van der Waals surface area contributed by atoms with Gasteiger partial charge in [0.1, 0.15) is 5.82 Å². The minimum atomic E-state index is 0.675. The molecular weight excluding hydrogens is 218 g/mol. The number of rotatable bonds is 2. The first kappa shape index (κ1) is 9.66. The maximum atomic E-state index is 5.81. The van der Waals surface area contributed by atoms with Crippen LogP contribution in [0.4, 0.5) is 11.5 Å². The maximum absolute atomic E-state index is 5.81. The molecule has 0 saturated carbocycles. The molecule has 1 aromatic heterocycles. The summed E-state index contributed by atoms with van der Waals surface area (Å²) in [6, 6.07) is 8.57. The van der Waals surface area contributed by atoms with E-state index in [4.69, 9.17) is 5.73 Å². The van der Waals surface area contributed by atoms with Gasteiger partial charge in [-0.25, -0.2) is 4.98 Å². The van der Waals surface area contributed by atoms with Crippen LogP contribution < -0.4 is 10.6 Å². The minimum Gasteiger partial charge on any atom is -0.383 e. The number of nitrogens with zero attached hydrogens (tertiary/aromatic N) is 2. The van der Waals surface area contributed by atoms with Crippen molar-refractivity contribution in [2.75, 3.05) is 17.2 Å². The summed E-state index contributed by atoms with van der Waals surface area (Å²) in [5.74, 6) is 0.675. The summed E-state index contributed by atoms with van der Waals surface area (Å²) < 4.78 is 0. The largest absolute Gasteiger partial charge is 0.383 e. The van der Waals surface area contributed by atoms with Crippen molar-refractivity contribution in [1.82, 2.24) is 4.98 Å². The molecule has 2 heterocycles. The predicted molar refractivity (Wildman–Crippen MR) is 67.7 cm³/mol. The van der Waals surface area contributed by atoms with E-state index in [0.29, 0.717) is 5.82 Å². The van der Waals surface area contributed by atoms with Crippen LogP contribution in [0, 0.1) is 0 Å². The Hall–Kier alpha value is -1.55. The number of aromatic nitrogens is 1. The Balaban J connectivity index is 1.86. The van der Waals surface area contributed by atoms with Crippen molar-refractivity contribution in [3.8, 4) is 0 Å². The van der Waals surface area contributed by atoms with Gasteiger partial charge in [-0.1, -0.05) is 18.2 Å². The molecule has 0 saturated heterocycles. The SMILES string of the molecule is Nc1ncsc1CN1CCc2ccccc21. The Morgan fingerprint density at radius 1 is 1.38 bits per heavy atom. The molecule has 2 aromatic rings. The van der Waals surface area contributed by atoms with E-state index in [1.807, 2.05) is 5.51 Å². The molecule has 2 N–H and O–H groups in total. The van der Waals surface area contributed by atoms with E-state index >= 15 is 0 Å². The zero-order chi connectivity index (χ0) is 11.0. The smallest absolute Gasteiger partial charge is 0.139 e. The van der Waals surface area contributed by atoms with Crippen LogP contribution in [0.2, 0.25) is 0 Å². The number of anilines is 2. The number of thiazole rings is 1. The molecule has 1 aliphatic heterocycles. The zero-order valence-corrected chi connectivity index (χ0v) is 9.70. The quantitative estimate of drug-likeness (QED) is 0.862. The summed E-state index contributed by atoms with van der Waals surface area (Å²) in [7, 11) is 0. The summed E-state index contributed by atoms with van der Waals surface area (Å²) in [4.78, 5) is 7.62. The van der Waals surface area contributed by atoms with Gasteiger partial charge in [-0.3, -0.25) is 0 Å². The molecule has 0 unspecified atom stereocenters. The highest BCUT2D eigenvalue weighted by Gasteiger charge is 2.19. The van der Waals surface area contributed by atoms with Crippen molar-refractivity contribution in [1.29, 1.82) is 0 Å². The Bertz CT molecular complexity index is 506. The van der Waals surface area contributed by atoms with Crippen molar-refractivity contribution in [3.63, 3.8) is 0 Å². The van der Waals surface area contributed by atoms with E-state index in [1.54, 1.807) is 11.3 Å². The molecule has 1 aromatic carbocycles. The van der Waals surface area contributed by atoms with Crippen molar-refractivity contribution in [2.24, 2.45) is 0 Å². The summed E-state index contributed by atoms with van der Waals surface area (Å²) in [5.41, 5.74) is 10.4. The van der Waals surface area contributed by atoms with E-state index in [2.05, 4.69) is 34.1 Å². The molecule has 82 valence electrons. The molecule has 3 nitrogen and oxygen atoms in total. The average molecular weight is 231 g/mol. The predicted octanol–water partition coefficient (Wildman–Crippen LogP) is 2.29. The lowest BCUT2D eigenvalue weighted by Gasteiger charge is -2.18. The second kappa shape index (κ2) is 3.79. The Kier molecular flexibility index (Phi) is 2.29. The third-order valence-corrected chi connectivity index (χ3v) is 3.82. The van der Waals surface area contributed by atoms with Crippen molar-refractivity contribution < 1.29 is 0 Å². The highest BCUT2D eigenvalue weighted by molar-refractivity contribution is 7.10. The van der Waals surface area contributed by atoms with Crippen LogP contribution in [0.3, 0.4) is 0 Å². The monoisotopic (exact) mass is 231 g/mol. The summed E-state index contributed by atoms with van der Waals surface area (Å²) in [5, 5.41) is 0. The van der Waals surface area contributed by atoms with Crippen molar-refractivity contribution >= 4 is 22.8 Å². The second-order valence-corrected chi connectivity index (χ2v) is 4.90. The first-order valence-corrected chi connectivity index (χ1v) is 6.23. The van der Waals surface area contributed by atoms with Gasteiger partial charge in [0.25, 0.3) is 0 Å². The van der Waals surface area contributed by atoms with Gasteiger partial charge in [0.2, 0.25) is 0 Å². The average Bonchev–Trinajstić information content (AvgIpc) is 2.88. The molecule has 0 bridgehead atoms. The van der Waals surface area contributed by atoms with Gasteiger partial charge in [-0.2, -0.15) is 0 Å². The molecule has 0 radical (unpaired) electrons. The van der Waals surface area contributed by atoms with E-state index in [-0.39, 0.29) is 0 Å². The Morgan fingerprint density at radius 3 is 3.06 bits per heavy atom. The number of hydrogen-bond donors (Lipinski definition) is 1. The maximum Gasteiger partial charge on any atom is 0.139 e. The lowest BCUT2D eigenvalue weighted by Crippen LogP contribution is -2.19. The van der Waals surface area contributed by atoms with Gasteiger partial charge in [0, 0.05) is 12.2 Å². The van der Waals surface area contributed by atoms with Crippen LogP contribution >= 0.6 is 11.3 Å². The summed E-state index contributed by atoms with van der Waals surface area (Å²) in [6.07, 6.45) is 1.13. The van der Waals surface area contributed by atoms with Crippen LogP contribution in [0.15, 0.2) is 29.8 Å². The third-order valence-electron chi connectivity index (χ3n) is 2.99. The topological polar surface area (TPSA) is 42.1 Å². The standard InChI is InChI=1S/C12H13N3S/c13-12-11(16-8-14-12)7-15-6-5-9-3-1-2-4-10(9)15/h1-4,8H,5-7,13H2. The fourth-order valence-electron chi connectivity index (χ4n) is 2.14. The zero-order valence-electron chi connectivity index (χ0n) is 8.89. The number of para-hydroxylation sites is 1. The number of hydrogen-bond acceptors (Lipinski definition) is 4. The van der Waals surface area contributed by atoms with Crippen LogP contribution in [-0.4, -0.2) is 11.5 Å². The fraction of sp³-hybridized carbons (Fsp3) is 0.250. The first-order chi connectivity index (χ1) is 7.84. The number of nitrogens with two attached hydrogens (primary N) is 1. The third kappa shape index (κ3) is 1.55. The van der Waals surface area contributed by atoms with Gasteiger partial charge < -0.3 is 10.6 Å². The number of benzene rings is 1. The summed E-state index contributed by atoms with van der Waals surface area (Å²) >= 11 is 1.63. The van der Waals surface area contributed by atoms with Crippen LogP contribution in [0.5, 0.6) is 0 Å². The van der Waals surface area contributed by atoms with Crippen molar-refractivity contribution in [3.05, 3.63) is 40.2 Å². The fourth-order valence-corrected chi connectivity index (χ4v) is 2.84. The van der Waals surface area contributed by atoms with Gasteiger partial charge in [0.05, 0.1) is 16.9 Å². The molecule has 16 heavy (non-hydrogen) atoms. The molecule has 4 heteroatoms. The van der Waals surface area contributed by atoms with Gasteiger partial charge in [-0.05, 0) is 18.1 Å². The molecule has 1 aliphatic rings. The Morgan fingerprint density at radius 2 is 2.25 bits per heavy atom. The molecular formula is C12H13N3S. The lowest BCUT2D eigenvalue weighted by atomic mass is 10.2. The van der Waals surface area contributed by atoms with E-state index < -0.39 is 0 Å². The van der Waals surface area contributed by atoms with E-state index in [0.717, 1.165) is 24.4 Å². The summed E-state index contributed by atoms with van der Waals surface area (Å²) in [6.45, 7) is 1.96. The van der Waals surface area contributed by atoms with E-state index in [1.165, 1.54) is 11.3 Å². The normalized spacial score (nSPS) is 14.1. The highest BCUT2D eigenvalue weighted by Crippen LogP contribution is 2.30. The number of fused-ring (bicyclic) bond motifs is 1. The van der Waals surface area contributed by atoms with Crippen molar-refractivity contribution in [2.45, 2.75) is 13.0 Å².